The second kappa shape index (κ2) is 5.97. The van der Waals surface area contributed by atoms with Crippen molar-refractivity contribution in [3.63, 3.8) is 0 Å². The Kier molecular flexibility index (Phi) is 4.31. The molecule has 0 aliphatic carbocycles. The molecular formula is C13H21N5O. The highest BCUT2D eigenvalue weighted by Gasteiger charge is 2.27. The average Bonchev–Trinajstić information content (AvgIpc) is 2.46. The van der Waals surface area contributed by atoms with Gasteiger partial charge in [-0.1, -0.05) is 6.92 Å². The monoisotopic (exact) mass is 263 g/mol. The van der Waals surface area contributed by atoms with Crippen molar-refractivity contribution in [2.75, 3.05) is 31.1 Å². The predicted octanol–water partition coefficient (Wildman–Crippen LogP) is 0.109. The minimum atomic E-state index is -0.125. The summed E-state index contributed by atoms with van der Waals surface area (Å²) in [5, 5.41) is 0. The fourth-order valence-corrected chi connectivity index (χ4v) is 2.09. The third kappa shape index (κ3) is 3.20. The number of rotatable bonds is 3. The van der Waals surface area contributed by atoms with Crippen LogP contribution in [0.3, 0.4) is 0 Å². The first-order valence-corrected chi connectivity index (χ1v) is 6.66. The van der Waals surface area contributed by atoms with Gasteiger partial charge in [0.1, 0.15) is 0 Å². The van der Waals surface area contributed by atoms with Crippen LogP contribution in [0.5, 0.6) is 0 Å². The van der Waals surface area contributed by atoms with Gasteiger partial charge in [-0.15, -0.1) is 0 Å². The Morgan fingerprint density at radius 3 is 2.32 bits per heavy atom. The molecule has 2 atom stereocenters. The number of nitrogens with two attached hydrogens (primary N) is 1. The molecule has 19 heavy (non-hydrogen) atoms. The predicted molar refractivity (Wildman–Crippen MR) is 73.6 cm³/mol. The van der Waals surface area contributed by atoms with E-state index >= 15 is 0 Å². The maximum atomic E-state index is 12.2. The standard InChI is InChI=1S/C13H21N5O/c1-10(11(2)14)12(19)17-6-8-18(9-7-17)13-15-4-3-5-16-13/h3-5,10-11H,6-9,14H2,1-2H3. The molecule has 0 bridgehead atoms. The first-order chi connectivity index (χ1) is 9.09. The van der Waals surface area contributed by atoms with Crippen molar-refractivity contribution in [3.05, 3.63) is 18.5 Å². The normalized spacial score (nSPS) is 19.1. The molecule has 2 rings (SSSR count). The zero-order chi connectivity index (χ0) is 13.8. The van der Waals surface area contributed by atoms with Crippen LogP contribution in [0.4, 0.5) is 5.95 Å². The SMILES string of the molecule is CC(N)C(C)C(=O)N1CCN(c2ncccn2)CC1. The van der Waals surface area contributed by atoms with Crippen molar-refractivity contribution in [2.45, 2.75) is 19.9 Å². The molecule has 0 saturated carbocycles. The van der Waals surface area contributed by atoms with Gasteiger partial charge in [0, 0.05) is 44.6 Å². The van der Waals surface area contributed by atoms with Crippen molar-refractivity contribution in [1.82, 2.24) is 14.9 Å². The molecule has 1 saturated heterocycles. The van der Waals surface area contributed by atoms with Gasteiger partial charge >= 0.3 is 0 Å². The smallest absolute Gasteiger partial charge is 0.227 e. The van der Waals surface area contributed by atoms with Crippen LogP contribution >= 0.6 is 0 Å². The minimum absolute atomic E-state index is 0.108. The molecule has 1 aliphatic rings. The van der Waals surface area contributed by atoms with Gasteiger partial charge in [0.15, 0.2) is 0 Å². The lowest BCUT2D eigenvalue weighted by Gasteiger charge is -2.36. The average molecular weight is 263 g/mol. The Bertz CT molecular complexity index is 414. The number of anilines is 1. The van der Waals surface area contributed by atoms with Crippen molar-refractivity contribution in [2.24, 2.45) is 11.7 Å². The molecule has 2 N–H and O–H groups in total. The lowest BCUT2D eigenvalue weighted by molar-refractivity contribution is -0.135. The molecule has 0 radical (unpaired) electrons. The summed E-state index contributed by atoms with van der Waals surface area (Å²) in [6, 6.07) is 1.69. The van der Waals surface area contributed by atoms with Crippen molar-refractivity contribution in [3.8, 4) is 0 Å². The van der Waals surface area contributed by atoms with Crippen LogP contribution in [0.2, 0.25) is 0 Å². The summed E-state index contributed by atoms with van der Waals surface area (Å²) < 4.78 is 0. The molecule has 1 aromatic rings. The summed E-state index contributed by atoms with van der Waals surface area (Å²) in [7, 11) is 0. The van der Waals surface area contributed by atoms with Gasteiger partial charge in [-0.3, -0.25) is 4.79 Å². The van der Waals surface area contributed by atoms with Crippen LogP contribution in [-0.2, 0) is 4.79 Å². The van der Waals surface area contributed by atoms with E-state index in [4.69, 9.17) is 5.73 Å². The molecular weight excluding hydrogens is 242 g/mol. The van der Waals surface area contributed by atoms with E-state index in [1.165, 1.54) is 0 Å². The van der Waals surface area contributed by atoms with Crippen molar-refractivity contribution >= 4 is 11.9 Å². The number of aromatic nitrogens is 2. The van der Waals surface area contributed by atoms with Gasteiger partial charge in [0.2, 0.25) is 11.9 Å². The molecule has 104 valence electrons. The summed E-state index contributed by atoms with van der Waals surface area (Å²) in [6.45, 7) is 6.70. The van der Waals surface area contributed by atoms with Gasteiger partial charge in [-0.25, -0.2) is 9.97 Å². The van der Waals surface area contributed by atoms with Crippen LogP contribution in [-0.4, -0.2) is 53.0 Å². The lowest BCUT2D eigenvalue weighted by Crippen LogP contribution is -2.52. The Morgan fingerprint density at radius 1 is 1.21 bits per heavy atom. The van der Waals surface area contributed by atoms with Gasteiger partial charge in [0.05, 0.1) is 5.92 Å². The topological polar surface area (TPSA) is 75.4 Å². The summed E-state index contributed by atoms with van der Waals surface area (Å²) in [5.74, 6) is 0.748. The van der Waals surface area contributed by atoms with E-state index in [1.807, 2.05) is 18.7 Å². The molecule has 0 spiro atoms. The van der Waals surface area contributed by atoms with Gasteiger partial charge in [-0.05, 0) is 13.0 Å². The summed E-state index contributed by atoms with van der Waals surface area (Å²) >= 11 is 0. The maximum Gasteiger partial charge on any atom is 0.227 e. The molecule has 2 unspecified atom stereocenters. The highest BCUT2D eigenvalue weighted by atomic mass is 16.2. The van der Waals surface area contributed by atoms with Crippen LogP contribution in [0.15, 0.2) is 18.5 Å². The van der Waals surface area contributed by atoms with Gasteiger partial charge < -0.3 is 15.5 Å². The van der Waals surface area contributed by atoms with E-state index < -0.39 is 0 Å². The fraction of sp³-hybridized carbons (Fsp3) is 0.615. The molecule has 6 nitrogen and oxygen atoms in total. The van der Waals surface area contributed by atoms with E-state index in [9.17, 15) is 4.79 Å². The van der Waals surface area contributed by atoms with E-state index in [-0.39, 0.29) is 17.9 Å². The first-order valence-electron chi connectivity index (χ1n) is 6.66. The van der Waals surface area contributed by atoms with Crippen molar-refractivity contribution < 1.29 is 4.79 Å². The highest BCUT2D eigenvalue weighted by Crippen LogP contribution is 2.13. The molecule has 1 amide bonds. The Hall–Kier alpha value is -1.69. The third-order valence-electron chi connectivity index (χ3n) is 3.60. The minimum Gasteiger partial charge on any atom is -0.339 e. The molecule has 1 aliphatic heterocycles. The van der Waals surface area contributed by atoms with E-state index in [0.29, 0.717) is 13.1 Å². The Labute approximate surface area is 113 Å². The highest BCUT2D eigenvalue weighted by molar-refractivity contribution is 5.79. The number of amides is 1. The molecule has 1 fully saturated rings. The lowest BCUT2D eigenvalue weighted by atomic mass is 10.0. The Morgan fingerprint density at radius 2 is 1.79 bits per heavy atom. The quantitative estimate of drug-likeness (QED) is 0.837. The summed E-state index contributed by atoms with van der Waals surface area (Å²) in [6.07, 6.45) is 3.47. The first kappa shape index (κ1) is 13.7. The second-order valence-corrected chi connectivity index (χ2v) is 5.01. The van der Waals surface area contributed by atoms with E-state index in [1.54, 1.807) is 18.5 Å². The Balaban J connectivity index is 1.91. The van der Waals surface area contributed by atoms with Crippen LogP contribution in [0, 0.1) is 5.92 Å². The third-order valence-corrected chi connectivity index (χ3v) is 3.60. The van der Waals surface area contributed by atoms with Crippen LogP contribution in [0.25, 0.3) is 0 Å². The number of nitrogens with zero attached hydrogens (tertiary/aromatic N) is 4. The molecule has 0 aromatic carbocycles. The van der Waals surface area contributed by atoms with Gasteiger partial charge in [-0.2, -0.15) is 0 Å². The number of carbonyl (C=O) groups excluding carboxylic acids is 1. The molecule has 2 heterocycles. The maximum absolute atomic E-state index is 12.2. The number of hydrogen-bond acceptors (Lipinski definition) is 5. The largest absolute Gasteiger partial charge is 0.339 e. The molecule has 1 aromatic heterocycles. The van der Waals surface area contributed by atoms with Crippen LogP contribution in [0.1, 0.15) is 13.8 Å². The van der Waals surface area contributed by atoms with Crippen LogP contribution < -0.4 is 10.6 Å². The van der Waals surface area contributed by atoms with Gasteiger partial charge in [0.25, 0.3) is 0 Å². The summed E-state index contributed by atoms with van der Waals surface area (Å²) in [4.78, 5) is 24.6. The van der Waals surface area contributed by atoms with Crippen molar-refractivity contribution in [1.29, 1.82) is 0 Å². The summed E-state index contributed by atoms with van der Waals surface area (Å²) in [5.41, 5.74) is 5.78. The number of hydrogen-bond donors (Lipinski definition) is 1. The number of carbonyl (C=O) groups is 1. The number of piperazine rings is 1. The molecule has 6 heteroatoms. The fourth-order valence-electron chi connectivity index (χ4n) is 2.09. The zero-order valence-corrected chi connectivity index (χ0v) is 11.5. The van der Waals surface area contributed by atoms with E-state index in [0.717, 1.165) is 19.0 Å². The van der Waals surface area contributed by atoms with E-state index in [2.05, 4.69) is 14.9 Å². The second-order valence-electron chi connectivity index (χ2n) is 5.01. The zero-order valence-electron chi connectivity index (χ0n) is 11.5.